The summed E-state index contributed by atoms with van der Waals surface area (Å²) in [7, 11) is 0. The molecule has 0 atom stereocenters. The third-order valence-electron chi connectivity index (χ3n) is 4.75. The van der Waals surface area contributed by atoms with E-state index in [9.17, 15) is 4.79 Å². The molecule has 0 aromatic carbocycles. The lowest BCUT2D eigenvalue weighted by Gasteiger charge is -2.36. The zero-order chi connectivity index (χ0) is 14.7. The molecule has 0 bridgehead atoms. The van der Waals surface area contributed by atoms with E-state index in [2.05, 4.69) is 15.2 Å². The second-order valence-corrected chi connectivity index (χ2v) is 6.19. The number of carbonyl (C=O) groups is 1. The number of hydrogen-bond acceptors (Lipinski definition) is 4. The summed E-state index contributed by atoms with van der Waals surface area (Å²) in [5, 5.41) is 3.51. The van der Waals surface area contributed by atoms with Crippen LogP contribution in [-0.2, 0) is 0 Å². The number of nitrogens with one attached hydrogen (secondary N) is 1. The molecule has 2 heterocycles. The molecule has 2 fully saturated rings. The zero-order valence-corrected chi connectivity index (χ0v) is 12.4. The van der Waals surface area contributed by atoms with Crippen LogP contribution in [0.15, 0.2) is 18.3 Å². The third-order valence-corrected chi connectivity index (χ3v) is 4.75. The molecule has 5 heteroatoms. The van der Waals surface area contributed by atoms with Crippen molar-refractivity contribution >= 4 is 11.6 Å². The lowest BCUT2D eigenvalue weighted by atomic mass is 10.0. The van der Waals surface area contributed by atoms with Crippen molar-refractivity contribution in [3.63, 3.8) is 0 Å². The first kappa shape index (κ1) is 14.3. The molecule has 5 nitrogen and oxygen atoms in total. The highest BCUT2D eigenvalue weighted by atomic mass is 16.1. The van der Waals surface area contributed by atoms with Gasteiger partial charge in [0.05, 0.1) is 0 Å². The fourth-order valence-electron chi connectivity index (χ4n) is 3.57. The van der Waals surface area contributed by atoms with Crippen molar-refractivity contribution < 1.29 is 4.79 Å². The molecule has 0 unspecified atom stereocenters. The Morgan fingerprint density at radius 2 is 1.95 bits per heavy atom. The number of anilines is 1. The maximum atomic E-state index is 11.2. The molecule has 1 saturated carbocycles. The van der Waals surface area contributed by atoms with Gasteiger partial charge >= 0.3 is 0 Å². The summed E-state index contributed by atoms with van der Waals surface area (Å²) in [4.78, 5) is 17.8. The summed E-state index contributed by atoms with van der Waals surface area (Å²) in [6.07, 6.45) is 9.51. The van der Waals surface area contributed by atoms with Crippen molar-refractivity contribution in [2.45, 2.75) is 50.6 Å². The summed E-state index contributed by atoms with van der Waals surface area (Å²) in [5.74, 6) is -0.477. The number of amides is 1. The number of hydrogen-bond donors (Lipinski definition) is 2. The zero-order valence-electron chi connectivity index (χ0n) is 12.4. The first-order valence-electron chi connectivity index (χ1n) is 7.99. The van der Waals surface area contributed by atoms with E-state index < -0.39 is 5.91 Å². The first-order valence-corrected chi connectivity index (χ1v) is 7.99. The Labute approximate surface area is 125 Å². The number of carbonyl (C=O) groups excluding carboxylic acids is 1. The molecule has 1 aromatic heterocycles. The van der Waals surface area contributed by atoms with Crippen molar-refractivity contribution in [1.29, 1.82) is 0 Å². The number of pyridine rings is 1. The fourth-order valence-corrected chi connectivity index (χ4v) is 3.57. The highest BCUT2D eigenvalue weighted by Gasteiger charge is 2.26. The molecule has 1 saturated heterocycles. The van der Waals surface area contributed by atoms with E-state index in [1.165, 1.54) is 38.8 Å². The molecule has 1 amide bonds. The molecule has 1 aliphatic heterocycles. The van der Waals surface area contributed by atoms with E-state index in [0.717, 1.165) is 24.6 Å². The highest BCUT2D eigenvalue weighted by molar-refractivity contribution is 5.91. The summed E-state index contributed by atoms with van der Waals surface area (Å²) in [6.45, 7) is 2.35. The van der Waals surface area contributed by atoms with Gasteiger partial charge in [0.1, 0.15) is 5.69 Å². The Morgan fingerprint density at radius 1 is 1.24 bits per heavy atom. The molecule has 114 valence electrons. The van der Waals surface area contributed by atoms with Crippen LogP contribution >= 0.6 is 0 Å². The molecule has 2 aliphatic rings. The number of piperidine rings is 1. The van der Waals surface area contributed by atoms with Crippen LogP contribution in [0.3, 0.4) is 0 Å². The van der Waals surface area contributed by atoms with Gasteiger partial charge in [-0.3, -0.25) is 9.78 Å². The van der Waals surface area contributed by atoms with Crippen LogP contribution in [0.1, 0.15) is 49.0 Å². The predicted octanol–water partition coefficient (Wildman–Crippen LogP) is 2.00. The highest BCUT2D eigenvalue weighted by Crippen LogP contribution is 2.27. The van der Waals surface area contributed by atoms with E-state index in [1.54, 1.807) is 12.3 Å². The van der Waals surface area contributed by atoms with Crippen LogP contribution in [0.5, 0.6) is 0 Å². The molecule has 0 spiro atoms. The average molecular weight is 288 g/mol. The van der Waals surface area contributed by atoms with Gasteiger partial charge in [-0.1, -0.05) is 12.8 Å². The SMILES string of the molecule is NC(=O)c1cc(NC2CCN(C3CCCC3)CC2)ccn1. The fraction of sp³-hybridized carbons (Fsp3) is 0.625. The number of aromatic nitrogens is 1. The van der Waals surface area contributed by atoms with Crippen LogP contribution in [0, 0.1) is 0 Å². The van der Waals surface area contributed by atoms with Gasteiger partial charge in [0.25, 0.3) is 5.91 Å². The molecule has 21 heavy (non-hydrogen) atoms. The summed E-state index contributed by atoms with van der Waals surface area (Å²) < 4.78 is 0. The summed E-state index contributed by atoms with van der Waals surface area (Å²) in [5.41, 5.74) is 6.53. The average Bonchev–Trinajstić information content (AvgIpc) is 3.02. The number of rotatable bonds is 4. The lowest BCUT2D eigenvalue weighted by Crippen LogP contribution is -2.43. The van der Waals surface area contributed by atoms with Crippen LogP contribution < -0.4 is 11.1 Å². The Hall–Kier alpha value is -1.62. The monoisotopic (exact) mass is 288 g/mol. The van der Waals surface area contributed by atoms with Crippen molar-refractivity contribution in [2.75, 3.05) is 18.4 Å². The van der Waals surface area contributed by atoms with Gasteiger partial charge in [0, 0.05) is 37.1 Å². The van der Waals surface area contributed by atoms with Crippen LogP contribution in [0.4, 0.5) is 5.69 Å². The summed E-state index contributed by atoms with van der Waals surface area (Å²) >= 11 is 0. The maximum Gasteiger partial charge on any atom is 0.267 e. The molecule has 1 aromatic rings. The number of likely N-dealkylation sites (tertiary alicyclic amines) is 1. The lowest BCUT2D eigenvalue weighted by molar-refractivity contribution is 0.0995. The number of nitrogens with zero attached hydrogens (tertiary/aromatic N) is 2. The Balaban J connectivity index is 1.53. The predicted molar refractivity (Wildman–Crippen MR) is 83.2 cm³/mol. The first-order chi connectivity index (χ1) is 10.2. The Bertz CT molecular complexity index is 491. The molecule has 3 rings (SSSR count). The molecular formula is C16H24N4O. The Kier molecular flexibility index (Phi) is 4.39. The van der Waals surface area contributed by atoms with Crippen LogP contribution in [-0.4, -0.2) is 41.0 Å². The van der Waals surface area contributed by atoms with Gasteiger partial charge in [0.2, 0.25) is 0 Å². The van der Waals surface area contributed by atoms with Gasteiger partial charge in [-0.05, 0) is 37.8 Å². The van der Waals surface area contributed by atoms with Crippen LogP contribution in [0.25, 0.3) is 0 Å². The topological polar surface area (TPSA) is 71.2 Å². The van der Waals surface area contributed by atoms with Gasteiger partial charge < -0.3 is 16.0 Å². The van der Waals surface area contributed by atoms with E-state index >= 15 is 0 Å². The van der Waals surface area contributed by atoms with E-state index in [0.29, 0.717) is 11.7 Å². The van der Waals surface area contributed by atoms with Gasteiger partial charge in [0.15, 0.2) is 0 Å². The molecule has 1 aliphatic carbocycles. The van der Waals surface area contributed by atoms with Crippen LogP contribution in [0.2, 0.25) is 0 Å². The quantitative estimate of drug-likeness (QED) is 0.889. The van der Waals surface area contributed by atoms with E-state index in [4.69, 9.17) is 5.73 Å². The van der Waals surface area contributed by atoms with Crippen molar-refractivity contribution in [1.82, 2.24) is 9.88 Å². The minimum atomic E-state index is -0.477. The minimum Gasteiger partial charge on any atom is -0.382 e. The summed E-state index contributed by atoms with van der Waals surface area (Å²) in [6, 6.07) is 4.95. The number of primary amides is 1. The molecule has 3 N–H and O–H groups in total. The van der Waals surface area contributed by atoms with Gasteiger partial charge in [-0.15, -0.1) is 0 Å². The molecular weight excluding hydrogens is 264 g/mol. The maximum absolute atomic E-state index is 11.2. The van der Waals surface area contributed by atoms with E-state index in [1.807, 2.05) is 6.07 Å². The largest absolute Gasteiger partial charge is 0.382 e. The van der Waals surface area contributed by atoms with Crippen molar-refractivity contribution in [2.24, 2.45) is 5.73 Å². The van der Waals surface area contributed by atoms with Crippen molar-refractivity contribution in [3.8, 4) is 0 Å². The normalized spacial score (nSPS) is 21.5. The van der Waals surface area contributed by atoms with E-state index in [-0.39, 0.29) is 0 Å². The van der Waals surface area contributed by atoms with Gasteiger partial charge in [-0.25, -0.2) is 0 Å². The van der Waals surface area contributed by atoms with Crippen molar-refractivity contribution in [3.05, 3.63) is 24.0 Å². The smallest absolute Gasteiger partial charge is 0.267 e. The number of nitrogens with two attached hydrogens (primary N) is 1. The minimum absolute atomic E-state index is 0.323. The second-order valence-electron chi connectivity index (χ2n) is 6.19. The Morgan fingerprint density at radius 3 is 2.62 bits per heavy atom. The molecule has 0 radical (unpaired) electrons. The van der Waals surface area contributed by atoms with Gasteiger partial charge in [-0.2, -0.15) is 0 Å². The second kappa shape index (κ2) is 6.43. The third kappa shape index (κ3) is 3.53. The standard InChI is InChI=1S/C16H24N4O/c17-16(21)15-11-13(5-8-18-15)19-12-6-9-20(10-7-12)14-3-1-2-4-14/h5,8,11-12,14H,1-4,6-7,9-10H2,(H2,17,21)(H,18,19).